The van der Waals surface area contributed by atoms with E-state index in [1.807, 2.05) is 12.1 Å². The Labute approximate surface area is 186 Å². The van der Waals surface area contributed by atoms with Crippen LogP contribution in [-0.2, 0) is 13.1 Å². The first-order valence-electron chi connectivity index (χ1n) is 10.8. The maximum atomic E-state index is 6.45. The van der Waals surface area contributed by atoms with Crippen LogP contribution in [0.4, 0.5) is 0 Å². The summed E-state index contributed by atoms with van der Waals surface area (Å²) in [4.78, 5) is 0. The number of nitrogens with zero attached hydrogens (tertiary/aromatic N) is 1. The van der Waals surface area contributed by atoms with Gasteiger partial charge in [-0.2, -0.15) is 0 Å². The van der Waals surface area contributed by atoms with Crippen LogP contribution in [0.1, 0.15) is 61.8 Å². The molecule has 1 saturated carbocycles. The first-order chi connectivity index (χ1) is 13.7. The minimum Gasteiger partial charge on any atom is -0.340 e. The quantitative estimate of drug-likeness (QED) is 0.449. The number of nitrogens with one attached hydrogen (secondary N) is 1. The molecule has 4 rings (SSSR count). The molecule has 3 aromatic rings. The van der Waals surface area contributed by atoms with Gasteiger partial charge in [0.25, 0.3) is 0 Å². The summed E-state index contributed by atoms with van der Waals surface area (Å²) >= 11 is 6.45. The zero-order valence-corrected chi connectivity index (χ0v) is 18.9. The molecule has 1 aliphatic carbocycles. The summed E-state index contributed by atoms with van der Waals surface area (Å²) in [6.45, 7) is 4.02. The molecular weight excluding hydrogens is 399 g/mol. The van der Waals surface area contributed by atoms with E-state index in [1.54, 1.807) is 0 Å². The van der Waals surface area contributed by atoms with Crippen molar-refractivity contribution < 1.29 is 0 Å². The lowest BCUT2D eigenvalue weighted by Crippen LogP contribution is -2.29. The van der Waals surface area contributed by atoms with Crippen LogP contribution in [0.5, 0.6) is 0 Å². The van der Waals surface area contributed by atoms with Gasteiger partial charge in [0, 0.05) is 40.8 Å². The van der Waals surface area contributed by atoms with Crippen molar-refractivity contribution in [3.05, 3.63) is 70.4 Å². The molecule has 1 N–H and O–H groups in total. The third-order valence-electron chi connectivity index (χ3n) is 6.32. The second kappa shape index (κ2) is 10.5. The summed E-state index contributed by atoms with van der Waals surface area (Å²) in [5, 5.41) is 6.10. The third kappa shape index (κ3) is 5.17. The first kappa shape index (κ1) is 22.2. The number of rotatable bonds is 5. The van der Waals surface area contributed by atoms with Crippen molar-refractivity contribution in [1.82, 2.24) is 9.88 Å². The summed E-state index contributed by atoms with van der Waals surface area (Å²) in [6.07, 6.45) is 9.58. The summed E-state index contributed by atoms with van der Waals surface area (Å²) in [7, 11) is 0. The average Bonchev–Trinajstić information content (AvgIpc) is 2.94. The molecule has 1 aliphatic rings. The first-order valence-corrected chi connectivity index (χ1v) is 11.2. The van der Waals surface area contributed by atoms with Gasteiger partial charge in [-0.3, -0.25) is 0 Å². The van der Waals surface area contributed by atoms with Crippen LogP contribution in [0.3, 0.4) is 0 Å². The topological polar surface area (TPSA) is 17.0 Å². The molecule has 2 nitrogen and oxygen atoms in total. The van der Waals surface area contributed by atoms with Gasteiger partial charge in [-0.05, 0) is 43.0 Å². The highest BCUT2D eigenvalue weighted by molar-refractivity contribution is 6.31. The Morgan fingerprint density at radius 2 is 1.59 bits per heavy atom. The molecule has 1 aromatic heterocycles. The SMILES string of the molecule is Cc1c(CNC2CCCCCCC2)c2ccccc2n1Cc1ccccc1Cl.Cl. The van der Waals surface area contributed by atoms with Gasteiger partial charge >= 0.3 is 0 Å². The van der Waals surface area contributed by atoms with Crippen molar-refractivity contribution in [1.29, 1.82) is 0 Å². The average molecular weight is 431 g/mol. The van der Waals surface area contributed by atoms with Gasteiger partial charge in [-0.15, -0.1) is 12.4 Å². The molecule has 0 unspecified atom stereocenters. The molecule has 0 spiro atoms. The molecule has 0 saturated heterocycles. The summed E-state index contributed by atoms with van der Waals surface area (Å²) < 4.78 is 2.42. The number of benzene rings is 2. The van der Waals surface area contributed by atoms with Gasteiger partial charge in [0.1, 0.15) is 0 Å². The number of hydrogen-bond donors (Lipinski definition) is 1. The normalized spacial score (nSPS) is 15.7. The maximum Gasteiger partial charge on any atom is 0.0493 e. The van der Waals surface area contributed by atoms with Crippen LogP contribution < -0.4 is 5.32 Å². The third-order valence-corrected chi connectivity index (χ3v) is 6.69. The van der Waals surface area contributed by atoms with E-state index in [-0.39, 0.29) is 12.4 Å². The van der Waals surface area contributed by atoms with E-state index < -0.39 is 0 Å². The second-order valence-corrected chi connectivity index (χ2v) is 8.59. The standard InChI is InChI=1S/C25H31ClN2.ClH/c1-19-23(17-27-21-12-5-3-2-4-6-13-21)22-14-8-10-16-25(22)28(19)18-20-11-7-9-15-24(20)26;/h7-11,14-16,21,27H,2-6,12-13,17-18H2,1H3;1H. The molecule has 0 radical (unpaired) electrons. The zero-order valence-electron chi connectivity index (χ0n) is 17.3. The molecule has 0 bridgehead atoms. The highest BCUT2D eigenvalue weighted by Gasteiger charge is 2.17. The van der Waals surface area contributed by atoms with E-state index in [9.17, 15) is 0 Å². The van der Waals surface area contributed by atoms with Crippen molar-refractivity contribution in [3.63, 3.8) is 0 Å². The number of halogens is 2. The predicted molar refractivity (Wildman–Crippen MR) is 127 cm³/mol. The number of para-hydroxylation sites is 1. The molecule has 156 valence electrons. The van der Waals surface area contributed by atoms with E-state index in [0.29, 0.717) is 6.04 Å². The lowest BCUT2D eigenvalue weighted by atomic mass is 9.96. The van der Waals surface area contributed by atoms with Crippen LogP contribution in [0, 0.1) is 6.92 Å². The Balaban J connectivity index is 0.00000240. The van der Waals surface area contributed by atoms with Crippen molar-refractivity contribution in [2.45, 2.75) is 71.0 Å². The van der Waals surface area contributed by atoms with Gasteiger partial charge in [-0.25, -0.2) is 0 Å². The fraction of sp³-hybridized carbons (Fsp3) is 0.440. The van der Waals surface area contributed by atoms with E-state index in [4.69, 9.17) is 11.6 Å². The Morgan fingerprint density at radius 1 is 0.931 bits per heavy atom. The molecule has 1 fully saturated rings. The molecule has 0 atom stereocenters. The fourth-order valence-corrected chi connectivity index (χ4v) is 4.83. The van der Waals surface area contributed by atoms with Crippen molar-refractivity contribution in [2.75, 3.05) is 0 Å². The molecule has 29 heavy (non-hydrogen) atoms. The Kier molecular flexibility index (Phi) is 8.06. The van der Waals surface area contributed by atoms with Crippen LogP contribution in [0.25, 0.3) is 10.9 Å². The Morgan fingerprint density at radius 3 is 2.34 bits per heavy atom. The Hall–Kier alpha value is -1.48. The number of aromatic nitrogens is 1. The molecule has 1 heterocycles. The Bertz CT molecular complexity index is 924. The summed E-state index contributed by atoms with van der Waals surface area (Å²) in [6, 6.07) is 17.6. The minimum atomic E-state index is 0. The highest BCUT2D eigenvalue weighted by Crippen LogP contribution is 2.28. The smallest absolute Gasteiger partial charge is 0.0493 e. The van der Waals surface area contributed by atoms with Gasteiger partial charge in [0.15, 0.2) is 0 Å². The summed E-state index contributed by atoms with van der Waals surface area (Å²) in [5.74, 6) is 0. The molecule has 0 aliphatic heterocycles. The monoisotopic (exact) mass is 430 g/mol. The highest BCUT2D eigenvalue weighted by atomic mass is 35.5. The van der Waals surface area contributed by atoms with E-state index >= 15 is 0 Å². The van der Waals surface area contributed by atoms with Crippen LogP contribution in [-0.4, -0.2) is 10.6 Å². The van der Waals surface area contributed by atoms with E-state index in [2.05, 4.69) is 53.2 Å². The van der Waals surface area contributed by atoms with Crippen molar-refractivity contribution in [2.24, 2.45) is 0 Å². The second-order valence-electron chi connectivity index (χ2n) is 8.18. The van der Waals surface area contributed by atoms with Crippen LogP contribution in [0.2, 0.25) is 5.02 Å². The van der Waals surface area contributed by atoms with Crippen LogP contribution in [0.15, 0.2) is 48.5 Å². The largest absolute Gasteiger partial charge is 0.340 e. The van der Waals surface area contributed by atoms with E-state index in [1.165, 1.54) is 72.7 Å². The van der Waals surface area contributed by atoms with Crippen LogP contribution >= 0.6 is 24.0 Å². The minimum absolute atomic E-state index is 0. The molecule has 0 amide bonds. The molecule has 2 aromatic carbocycles. The van der Waals surface area contributed by atoms with Gasteiger partial charge in [-0.1, -0.05) is 80.1 Å². The van der Waals surface area contributed by atoms with Gasteiger partial charge in [0.05, 0.1) is 0 Å². The summed E-state index contributed by atoms with van der Waals surface area (Å²) in [5.41, 5.74) is 5.26. The van der Waals surface area contributed by atoms with Crippen molar-refractivity contribution in [3.8, 4) is 0 Å². The number of hydrogen-bond acceptors (Lipinski definition) is 1. The number of fused-ring (bicyclic) bond motifs is 1. The zero-order chi connectivity index (χ0) is 19.3. The fourth-order valence-electron chi connectivity index (χ4n) is 4.63. The molecule has 4 heteroatoms. The van der Waals surface area contributed by atoms with Gasteiger partial charge < -0.3 is 9.88 Å². The van der Waals surface area contributed by atoms with Gasteiger partial charge in [0.2, 0.25) is 0 Å². The lowest BCUT2D eigenvalue weighted by molar-refractivity contribution is 0.389. The molecular formula is C25H32Cl2N2. The predicted octanol–water partition coefficient (Wildman–Crippen LogP) is 7.28. The van der Waals surface area contributed by atoms with E-state index in [0.717, 1.165) is 18.1 Å². The maximum absolute atomic E-state index is 6.45. The van der Waals surface area contributed by atoms with Crippen molar-refractivity contribution >= 4 is 34.9 Å². The lowest BCUT2D eigenvalue weighted by Gasteiger charge is -2.21.